The molecule has 0 saturated heterocycles. The number of aryl methyl sites for hydroxylation is 2. The highest BCUT2D eigenvalue weighted by atomic mass is 35.5. The normalized spacial score (nSPS) is 12.1. The summed E-state index contributed by atoms with van der Waals surface area (Å²) in [5, 5.41) is 14.8. The van der Waals surface area contributed by atoms with Crippen molar-refractivity contribution in [1.29, 1.82) is 0 Å². The smallest absolute Gasteiger partial charge is 0.258 e. The molecule has 25 heavy (non-hydrogen) atoms. The van der Waals surface area contributed by atoms with Crippen LogP contribution in [0.5, 0.6) is 0 Å². The maximum atomic E-state index is 12.4. The number of nitrogens with one attached hydrogen (secondary N) is 1. The molecule has 0 aromatic heterocycles. The lowest BCUT2D eigenvalue weighted by atomic mass is 10.1. The van der Waals surface area contributed by atoms with Gasteiger partial charge in [0.2, 0.25) is 0 Å². The molecule has 0 heterocycles. The lowest BCUT2D eigenvalue weighted by Gasteiger charge is -2.09. The minimum Gasteiger partial charge on any atom is -0.258 e. The number of nitro groups is 1. The molecule has 0 aliphatic carbocycles. The predicted octanol–water partition coefficient (Wildman–Crippen LogP) is 3.57. The van der Waals surface area contributed by atoms with Crippen LogP contribution in [0.15, 0.2) is 46.4 Å². The Hall–Kier alpha value is -2.45. The van der Waals surface area contributed by atoms with Crippen LogP contribution >= 0.6 is 11.6 Å². The number of hydrogen-bond acceptors (Lipinski definition) is 5. The summed E-state index contributed by atoms with van der Waals surface area (Å²) in [6.45, 7) is 5.02. The Labute approximate surface area is 150 Å². The molecular formula is C16H16ClN3O4S. The molecule has 132 valence electrons. The Morgan fingerprint density at radius 1 is 1.20 bits per heavy atom. The highest BCUT2D eigenvalue weighted by Gasteiger charge is 2.17. The number of rotatable bonds is 5. The van der Waals surface area contributed by atoms with Crippen LogP contribution in [0.4, 0.5) is 5.69 Å². The van der Waals surface area contributed by atoms with E-state index in [0.29, 0.717) is 11.1 Å². The van der Waals surface area contributed by atoms with Gasteiger partial charge in [-0.1, -0.05) is 29.8 Å². The first-order valence-electron chi connectivity index (χ1n) is 7.19. The van der Waals surface area contributed by atoms with Gasteiger partial charge in [-0.2, -0.15) is 18.4 Å². The average Bonchev–Trinajstić information content (AvgIpc) is 2.55. The maximum absolute atomic E-state index is 12.4. The van der Waals surface area contributed by atoms with E-state index in [0.717, 1.165) is 5.56 Å². The summed E-state index contributed by atoms with van der Waals surface area (Å²) in [5.41, 5.74) is 1.78. The van der Waals surface area contributed by atoms with Crippen LogP contribution in [0.3, 0.4) is 0 Å². The quantitative estimate of drug-likeness (QED) is 0.486. The molecule has 9 heteroatoms. The molecular weight excluding hydrogens is 366 g/mol. The molecule has 0 spiro atoms. The van der Waals surface area contributed by atoms with E-state index in [1.54, 1.807) is 32.9 Å². The second-order valence-electron chi connectivity index (χ2n) is 5.48. The minimum absolute atomic E-state index is 0.00230. The predicted molar refractivity (Wildman–Crippen MR) is 96.6 cm³/mol. The first-order chi connectivity index (χ1) is 11.6. The Balaban J connectivity index is 2.33. The molecule has 7 nitrogen and oxygen atoms in total. The van der Waals surface area contributed by atoms with Crippen molar-refractivity contribution in [2.75, 3.05) is 0 Å². The van der Waals surface area contributed by atoms with Gasteiger partial charge in [-0.25, -0.2) is 0 Å². The van der Waals surface area contributed by atoms with Crippen LogP contribution in [0.25, 0.3) is 0 Å². The van der Waals surface area contributed by atoms with E-state index in [4.69, 9.17) is 11.6 Å². The van der Waals surface area contributed by atoms with Gasteiger partial charge in [0.15, 0.2) is 0 Å². The largest absolute Gasteiger partial charge is 0.288 e. The van der Waals surface area contributed by atoms with E-state index in [1.807, 2.05) is 6.07 Å². The second-order valence-corrected chi connectivity index (χ2v) is 7.52. The van der Waals surface area contributed by atoms with Crippen molar-refractivity contribution < 1.29 is 13.3 Å². The lowest BCUT2D eigenvalue weighted by Crippen LogP contribution is -2.21. The van der Waals surface area contributed by atoms with Gasteiger partial charge in [0.05, 0.1) is 15.5 Å². The molecule has 2 aromatic carbocycles. The lowest BCUT2D eigenvalue weighted by molar-refractivity contribution is -0.384. The summed E-state index contributed by atoms with van der Waals surface area (Å²) in [4.78, 5) is 12.6. The third-order valence-electron chi connectivity index (χ3n) is 3.53. The molecule has 0 amide bonds. The Morgan fingerprint density at radius 3 is 2.52 bits per heavy atom. The summed E-state index contributed by atoms with van der Waals surface area (Å²) in [7, 11) is -3.85. The first kappa shape index (κ1) is 18.9. The fourth-order valence-electron chi connectivity index (χ4n) is 2.12. The highest BCUT2D eigenvalue weighted by molar-refractivity contribution is 7.89. The van der Waals surface area contributed by atoms with Crippen LogP contribution in [0.2, 0.25) is 5.02 Å². The van der Waals surface area contributed by atoms with E-state index in [9.17, 15) is 18.5 Å². The zero-order chi connectivity index (χ0) is 18.8. The molecule has 0 saturated carbocycles. The zero-order valence-corrected chi connectivity index (χ0v) is 15.4. The standard InChI is InChI=1S/C16H16ClN3O4S/c1-10-4-5-11(2)16(8-10)25(23,24)19-18-12(3)13-6-7-14(17)15(9-13)20(21)22/h4-9,19H,1-3H3/b18-12-. The molecule has 0 bridgehead atoms. The topological polar surface area (TPSA) is 102 Å². The van der Waals surface area contributed by atoms with E-state index < -0.39 is 14.9 Å². The molecule has 0 unspecified atom stereocenters. The molecule has 1 N–H and O–H groups in total. The summed E-state index contributed by atoms with van der Waals surface area (Å²) in [5.74, 6) is 0. The fraction of sp³-hybridized carbons (Fsp3) is 0.188. The SMILES string of the molecule is C/C(=N/NS(=O)(=O)c1cc(C)ccc1C)c1ccc(Cl)c([N+](=O)[O-])c1. The van der Waals surface area contributed by atoms with Gasteiger partial charge < -0.3 is 0 Å². The first-order valence-corrected chi connectivity index (χ1v) is 9.05. The van der Waals surface area contributed by atoms with Gasteiger partial charge >= 0.3 is 0 Å². The number of hydrogen-bond donors (Lipinski definition) is 1. The van der Waals surface area contributed by atoms with Crippen molar-refractivity contribution in [2.24, 2.45) is 5.10 Å². The van der Waals surface area contributed by atoms with Gasteiger partial charge in [0.1, 0.15) is 5.02 Å². The van der Waals surface area contributed by atoms with E-state index in [2.05, 4.69) is 9.93 Å². The summed E-state index contributed by atoms with van der Waals surface area (Å²) in [6, 6.07) is 9.22. The van der Waals surface area contributed by atoms with Gasteiger partial charge in [-0.05, 0) is 44.0 Å². The van der Waals surface area contributed by atoms with Crippen LogP contribution in [0.1, 0.15) is 23.6 Å². The zero-order valence-electron chi connectivity index (χ0n) is 13.8. The third-order valence-corrected chi connectivity index (χ3v) is 5.20. The van der Waals surface area contributed by atoms with Crippen LogP contribution in [-0.4, -0.2) is 19.1 Å². The third kappa shape index (κ3) is 4.34. The van der Waals surface area contributed by atoms with Crippen molar-refractivity contribution in [3.63, 3.8) is 0 Å². The monoisotopic (exact) mass is 381 g/mol. The molecule has 0 aliphatic rings. The Kier molecular flexibility index (Phi) is 5.44. The van der Waals surface area contributed by atoms with E-state index in [1.165, 1.54) is 18.2 Å². The van der Waals surface area contributed by atoms with Crippen molar-refractivity contribution >= 4 is 33.0 Å². The summed E-state index contributed by atoms with van der Waals surface area (Å²) >= 11 is 5.76. The fourth-order valence-corrected chi connectivity index (χ4v) is 3.49. The number of nitro benzene ring substituents is 1. The Bertz CT molecular complexity index is 971. The van der Waals surface area contributed by atoms with Gasteiger partial charge in [-0.3, -0.25) is 10.1 Å². The molecule has 2 rings (SSSR count). The van der Waals surface area contributed by atoms with Crippen LogP contribution in [0, 0.1) is 24.0 Å². The van der Waals surface area contributed by atoms with E-state index >= 15 is 0 Å². The number of halogens is 1. The molecule has 0 radical (unpaired) electrons. The number of hydrazone groups is 1. The van der Waals surface area contributed by atoms with E-state index in [-0.39, 0.29) is 21.3 Å². The summed E-state index contributed by atoms with van der Waals surface area (Å²) in [6.07, 6.45) is 0. The molecule has 2 aromatic rings. The van der Waals surface area contributed by atoms with Crippen molar-refractivity contribution in [3.8, 4) is 0 Å². The summed E-state index contributed by atoms with van der Waals surface area (Å²) < 4.78 is 24.8. The highest BCUT2D eigenvalue weighted by Crippen LogP contribution is 2.25. The van der Waals surface area contributed by atoms with Gasteiger partial charge in [0, 0.05) is 11.6 Å². The Morgan fingerprint density at radius 2 is 1.88 bits per heavy atom. The van der Waals surface area contributed by atoms with Gasteiger partial charge in [-0.15, -0.1) is 0 Å². The van der Waals surface area contributed by atoms with Crippen molar-refractivity contribution in [1.82, 2.24) is 4.83 Å². The number of benzene rings is 2. The number of sulfonamides is 1. The van der Waals surface area contributed by atoms with Crippen LogP contribution < -0.4 is 4.83 Å². The van der Waals surface area contributed by atoms with Gasteiger partial charge in [0.25, 0.3) is 15.7 Å². The molecule has 0 fully saturated rings. The molecule has 0 aliphatic heterocycles. The average molecular weight is 382 g/mol. The maximum Gasteiger partial charge on any atom is 0.288 e. The number of nitrogens with zero attached hydrogens (tertiary/aromatic N) is 2. The van der Waals surface area contributed by atoms with Crippen molar-refractivity contribution in [2.45, 2.75) is 25.7 Å². The minimum atomic E-state index is -3.85. The second kappa shape index (κ2) is 7.20. The van der Waals surface area contributed by atoms with Crippen LogP contribution in [-0.2, 0) is 10.0 Å². The molecule has 0 atom stereocenters. The van der Waals surface area contributed by atoms with Crippen molar-refractivity contribution in [3.05, 3.63) is 68.2 Å².